The van der Waals surface area contributed by atoms with Crippen molar-refractivity contribution in [3.8, 4) is 11.5 Å². The minimum atomic E-state index is -0.0282. The number of benzene rings is 1. The van der Waals surface area contributed by atoms with Gasteiger partial charge in [0.2, 0.25) is 0 Å². The Morgan fingerprint density at radius 3 is 2.50 bits per heavy atom. The van der Waals surface area contributed by atoms with Crippen molar-refractivity contribution in [3.63, 3.8) is 0 Å². The van der Waals surface area contributed by atoms with E-state index < -0.39 is 0 Å². The number of hydrogen-bond acceptors (Lipinski definition) is 4. The Labute approximate surface area is 133 Å². The van der Waals surface area contributed by atoms with Gasteiger partial charge in [0, 0.05) is 31.0 Å². The zero-order valence-corrected chi connectivity index (χ0v) is 14.0. The standard InChI is InChI=1S/C18H29NO3/c1-4-18(5-2,13-20)12-19-14(3)15-7-8-16-17(11-15)22-10-6-9-21-16/h7-8,11,14,19-20H,4-6,9-10,12-13H2,1-3H3. The first kappa shape index (κ1) is 17.1. The molecule has 4 heteroatoms. The summed E-state index contributed by atoms with van der Waals surface area (Å²) in [5.41, 5.74) is 1.16. The molecule has 1 heterocycles. The molecule has 1 aromatic carbocycles. The molecule has 0 aliphatic carbocycles. The lowest BCUT2D eigenvalue weighted by atomic mass is 9.83. The van der Waals surface area contributed by atoms with Gasteiger partial charge in [0.05, 0.1) is 13.2 Å². The maximum atomic E-state index is 9.67. The van der Waals surface area contributed by atoms with Crippen molar-refractivity contribution in [2.45, 2.75) is 46.1 Å². The average molecular weight is 307 g/mol. The summed E-state index contributed by atoms with van der Waals surface area (Å²) in [7, 11) is 0. The Bertz CT molecular complexity index is 463. The van der Waals surface area contributed by atoms with Gasteiger partial charge in [0.15, 0.2) is 11.5 Å². The van der Waals surface area contributed by atoms with Crippen LogP contribution in [0.5, 0.6) is 11.5 Å². The molecule has 0 saturated carbocycles. The Morgan fingerprint density at radius 2 is 1.86 bits per heavy atom. The summed E-state index contributed by atoms with van der Waals surface area (Å²) in [5, 5.41) is 13.2. The van der Waals surface area contributed by atoms with Crippen molar-refractivity contribution in [1.82, 2.24) is 5.32 Å². The summed E-state index contributed by atoms with van der Waals surface area (Å²) in [6.07, 6.45) is 2.87. The lowest BCUT2D eigenvalue weighted by Crippen LogP contribution is -2.37. The molecule has 1 aliphatic rings. The SMILES string of the molecule is CCC(CC)(CO)CNC(C)c1ccc2c(c1)OCCCO2. The van der Waals surface area contributed by atoms with Crippen LogP contribution in [0.2, 0.25) is 0 Å². The Hall–Kier alpha value is -1.26. The number of fused-ring (bicyclic) bond motifs is 1. The molecule has 0 amide bonds. The lowest BCUT2D eigenvalue weighted by molar-refractivity contribution is 0.110. The monoisotopic (exact) mass is 307 g/mol. The van der Waals surface area contributed by atoms with Crippen molar-refractivity contribution < 1.29 is 14.6 Å². The van der Waals surface area contributed by atoms with Crippen molar-refractivity contribution >= 4 is 0 Å². The highest BCUT2D eigenvalue weighted by molar-refractivity contribution is 5.44. The fourth-order valence-corrected chi connectivity index (χ4v) is 2.72. The molecule has 0 fully saturated rings. The van der Waals surface area contributed by atoms with E-state index in [4.69, 9.17) is 9.47 Å². The largest absolute Gasteiger partial charge is 0.490 e. The molecule has 2 N–H and O–H groups in total. The molecule has 2 rings (SSSR count). The van der Waals surface area contributed by atoms with E-state index in [0.717, 1.165) is 37.3 Å². The number of ether oxygens (including phenoxy) is 2. The van der Waals surface area contributed by atoms with Crippen molar-refractivity contribution in [2.75, 3.05) is 26.4 Å². The zero-order chi connectivity index (χ0) is 16.0. The van der Waals surface area contributed by atoms with Gasteiger partial charge in [-0.1, -0.05) is 19.9 Å². The molecule has 4 nitrogen and oxygen atoms in total. The normalized spacial score (nSPS) is 16.2. The van der Waals surface area contributed by atoms with Crippen LogP contribution in [0, 0.1) is 5.41 Å². The van der Waals surface area contributed by atoms with E-state index >= 15 is 0 Å². The summed E-state index contributed by atoms with van der Waals surface area (Å²) in [6.45, 7) is 8.88. The number of aliphatic hydroxyl groups excluding tert-OH is 1. The maximum absolute atomic E-state index is 9.67. The Balaban J connectivity index is 2.03. The average Bonchev–Trinajstić information content (AvgIpc) is 2.81. The quantitative estimate of drug-likeness (QED) is 0.811. The molecular weight excluding hydrogens is 278 g/mol. The van der Waals surface area contributed by atoms with Crippen LogP contribution in [0.3, 0.4) is 0 Å². The first-order valence-electron chi connectivity index (χ1n) is 8.38. The lowest BCUT2D eigenvalue weighted by Gasteiger charge is -2.31. The second kappa shape index (κ2) is 7.84. The zero-order valence-electron chi connectivity index (χ0n) is 14.0. The van der Waals surface area contributed by atoms with Gasteiger partial charge in [-0.15, -0.1) is 0 Å². The highest BCUT2D eigenvalue weighted by atomic mass is 16.5. The van der Waals surface area contributed by atoms with Crippen LogP contribution in [-0.2, 0) is 0 Å². The Kier molecular flexibility index (Phi) is 6.09. The highest BCUT2D eigenvalue weighted by Gasteiger charge is 2.25. The van der Waals surface area contributed by atoms with Gasteiger partial charge in [-0.2, -0.15) is 0 Å². The van der Waals surface area contributed by atoms with Gasteiger partial charge in [0.1, 0.15) is 0 Å². The van der Waals surface area contributed by atoms with Crippen LogP contribution in [0.4, 0.5) is 0 Å². The molecule has 1 aliphatic heterocycles. The number of hydrogen-bond donors (Lipinski definition) is 2. The third kappa shape index (κ3) is 3.93. The summed E-state index contributed by atoms with van der Waals surface area (Å²) in [5.74, 6) is 1.67. The van der Waals surface area contributed by atoms with Crippen molar-refractivity contribution in [2.24, 2.45) is 5.41 Å². The van der Waals surface area contributed by atoms with Crippen molar-refractivity contribution in [1.29, 1.82) is 0 Å². The molecular formula is C18H29NO3. The first-order valence-corrected chi connectivity index (χ1v) is 8.38. The van der Waals surface area contributed by atoms with Crippen LogP contribution in [0.1, 0.15) is 51.6 Å². The van der Waals surface area contributed by atoms with E-state index in [2.05, 4.69) is 38.2 Å². The van der Waals surface area contributed by atoms with Crippen LogP contribution < -0.4 is 14.8 Å². The topological polar surface area (TPSA) is 50.7 Å². The van der Waals surface area contributed by atoms with Crippen LogP contribution in [-0.4, -0.2) is 31.5 Å². The predicted octanol–water partition coefficient (Wildman–Crippen LogP) is 3.30. The van der Waals surface area contributed by atoms with Gasteiger partial charge >= 0.3 is 0 Å². The van der Waals surface area contributed by atoms with Crippen LogP contribution in [0.25, 0.3) is 0 Å². The molecule has 0 aromatic heterocycles. The molecule has 1 unspecified atom stereocenters. The minimum absolute atomic E-state index is 0.0282. The van der Waals surface area contributed by atoms with Gasteiger partial charge < -0.3 is 19.9 Å². The van der Waals surface area contributed by atoms with E-state index in [9.17, 15) is 5.11 Å². The smallest absolute Gasteiger partial charge is 0.161 e. The summed E-state index contributed by atoms with van der Waals surface area (Å²) >= 11 is 0. The molecule has 0 saturated heterocycles. The molecule has 0 spiro atoms. The summed E-state index contributed by atoms with van der Waals surface area (Å²) in [4.78, 5) is 0. The van der Waals surface area contributed by atoms with Gasteiger partial charge in [-0.25, -0.2) is 0 Å². The molecule has 0 bridgehead atoms. The van der Waals surface area contributed by atoms with E-state index in [1.807, 2.05) is 6.07 Å². The van der Waals surface area contributed by atoms with E-state index in [1.54, 1.807) is 0 Å². The highest BCUT2D eigenvalue weighted by Crippen LogP contribution is 2.33. The van der Waals surface area contributed by atoms with Gasteiger partial charge in [0.25, 0.3) is 0 Å². The molecule has 0 radical (unpaired) electrons. The fourth-order valence-electron chi connectivity index (χ4n) is 2.72. The fraction of sp³-hybridized carbons (Fsp3) is 0.667. The Morgan fingerprint density at radius 1 is 1.18 bits per heavy atom. The van der Waals surface area contributed by atoms with E-state index in [0.29, 0.717) is 13.2 Å². The number of nitrogens with one attached hydrogen (secondary N) is 1. The third-order valence-corrected chi connectivity index (χ3v) is 4.89. The van der Waals surface area contributed by atoms with E-state index in [-0.39, 0.29) is 18.1 Å². The van der Waals surface area contributed by atoms with E-state index in [1.165, 1.54) is 5.56 Å². The van der Waals surface area contributed by atoms with Crippen LogP contribution >= 0.6 is 0 Å². The third-order valence-electron chi connectivity index (χ3n) is 4.89. The number of aliphatic hydroxyl groups is 1. The minimum Gasteiger partial charge on any atom is -0.490 e. The van der Waals surface area contributed by atoms with Gasteiger partial charge in [-0.3, -0.25) is 0 Å². The van der Waals surface area contributed by atoms with Crippen LogP contribution in [0.15, 0.2) is 18.2 Å². The second-order valence-corrected chi connectivity index (χ2v) is 6.22. The second-order valence-electron chi connectivity index (χ2n) is 6.22. The van der Waals surface area contributed by atoms with Gasteiger partial charge in [-0.05, 0) is 37.5 Å². The number of rotatable bonds is 7. The molecule has 22 heavy (non-hydrogen) atoms. The molecule has 1 aromatic rings. The molecule has 124 valence electrons. The first-order chi connectivity index (χ1) is 10.6. The maximum Gasteiger partial charge on any atom is 0.161 e. The predicted molar refractivity (Wildman–Crippen MR) is 88.6 cm³/mol. The molecule has 1 atom stereocenters. The summed E-state index contributed by atoms with van der Waals surface area (Å²) < 4.78 is 11.4. The summed E-state index contributed by atoms with van der Waals surface area (Å²) in [6, 6.07) is 6.36. The van der Waals surface area contributed by atoms with Crippen molar-refractivity contribution in [3.05, 3.63) is 23.8 Å².